The van der Waals surface area contributed by atoms with E-state index >= 15 is 0 Å². The molecule has 1 rings (SSSR count). The number of nitrogens with zero attached hydrogens (tertiary/aromatic N) is 1. The molecule has 0 aromatic carbocycles. The minimum atomic E-state index is 0.394. The van der Waals surface area contributed by atoms with Gasteiger partial charge in [-0.2, -0.15) is 0 Å². The molecule has 0 amide bonds. The van der Waals surface area contributed by atoms with Crippen LogP contribution in [-0.4, -0.2) is 43.8 Å². The van der Waals surface area contributed by atoms with Crippen molar-refractivity contribution in [3.8, 4) is 0 Å². The van der Waals surface area contributed by atoms with Crippen molar-refractivity contribution >= 4 is 0 Å². The second kappa shape index (κ2) is 5.58. The molecule has 0 radical (unpaired) electrons. The van der Waals surface area contributed by atoms with Crippen LogP contribution < -0.4 is 5.73 Å². The van der Waals surface area contributed by atoms with Gasteiger partial charge in [0.15, 0.2) is 0 Å². The van der Waals surface area contributed by atoms with Gasteiger partial charge in [-0.05, 0) is 18.9 Å². The number of hydrogen-bond donors (Lipinski definition) is 1. The first kappa shape index (κ1) is 11.0. The van der Waals surface area contributed by atoms with Gasteiger partial charge in [0.25, 0.3) is 0 Å². The van der Waals surface area contributed by atoms with Crippen molar-refractivity contribution in [3.63, 3.8) is 0 Å². The van der Waals surface area contributed by atoms with E-state index in [0.29, 0.717) is 12.0 Å². The van der Waals surface area contributed by atoms with Crippen LogP contribution in [0.25, 0.3) is 0 Å². The fraction of sp³-hybridized carbons (Fsp3) is 1.00. The summed E-state index contributed by atoms with van der Waals surface area (Å²) in [6.07, 6.45) is 1.14. The summed E-state index contributed by atoms with van der Waals surface area (Å²) in [4.78, 5) is 2.38. The normalized spacial score (nSPS) is 24.5. The van der Waals surface area contributed by atoms with Gasteiger partial charge in [-0.1, -0.05) is 13.8 Å². The summed E-state index contributed by atoms with van der Waals surface area (Å²) in [6, 6.07) is 0.394. The van der Waals surface area contributed by atoms with E-state index < -0.39 is 0 Å². The third-order valence-corrected chi connectivity index (χ3v) is 2.31. The van der Waals surface area contributed by atoms with E-state index in [1.165, 1.54) is 0 Å². The lowest BCUT2D eigenvalue weighted by Crippen LogP contribution is -2.29. The fourth-order valence-corrected chi connectivity index (χ4v) is 1.58. The molecule has 1 atom stereocenters. The Morgan fingerprint density at radius 3 is 2.85 bits per heavy atom. The second-order valence-corrected chi connectivity index (χ2v) is 4.32. The summed E-state index contributed by atoms with van der Waals surface area (Å²) in [5.74, 6) is 0.640. The summed E-state index contributed by atoms with van der Waals surface area (Å²) in [5, 5.41) is 0. The Morgan fingerprint density at radius 1 is 1.54 bits per heavy atom. The molecule has 0 aromatic rings. The average Bonchev–Trinajstić information content (AvgIpc) is 2.45. The number of ether oxygens (including phenoxy) is 1. The van der Waals surface area contributed by atoms with Crippen molar-refractivity contribution < 1.29 is 4.74 Å². The molecule has 3 nitrogen and oxygen atoms in total. The lowest BCUT2D eigenvalue weighted by molar-refractivity contribution is 0.0909. The van der Waals surface area contributed by atoms with Crippen molar-refractivity contribution in [1.29, 1.82) is 0 Å². The smallest absolute Gasteiger partial charge is 0.0593 e. The molecule has 0 unspecified atom stereocenters. The zero-order valence-corrected chi connectivity index (χ0v) is 8.83. The van der Waals surface area contributed by atoms with Gasteiger partial charge in [-0.25, -0.2) is 0 Å². The average molecular weight is 186 g/mol. The summed E-state index contributed by atoms with van der Waals surface area (Å²) in [6.45, 7) is 9.31. The van der Waals surface area contributed by atoms with Crippen LogP contribution in [0.15, 0.2) is 0 Å². The zero-order valence-electron chi connectivity index (χ0n) is 8.83. The molecule has 0 saturated carbocycles. The molecule has 1 aliphatic heterocycles. The van der Waals surface area contributed by atoms with Gasteiger partial charge < -0.3 is 10.5 Å². The summed E-state index contributed by atoms with van der Waals surface area (Å²) >= 11 is 0. The van der Waals surface area contributed by atoms with Crippen molar-refractivity contribution in [2.75, 3.05) is 32.8 Å². The molecular formula is C10H22N2O. The van der Waals surface area contributed by atoms with Gasteiger partial charge in [-0.3, -0.25) is 4.90 Å². The van der Waals surface area contributed by atoms with Gasteiger partial charge >= 0.3 is 0 Å². The Labute approximate surface area is 81.2 Å². The van der Waals surface area contributed by atoms with Crippen molar-refractivity contribution in [3.05, 3.63) is 0 Å². The number of likely N-dealkylation sites (tertiary alicyclic amines) is 1. The maximum Gasteiger partial charge on any atom is 0.0593 e. The molecule has 0 spiro atoms. The molecule has 3 heteroatoms. The predicted molar refractivity (Wildman–Crippen MR) is 54.7 cm³/mol. The first-order valence-corrected chi connectivity index (χ1v) is 5.24. The van der Waals surface area contributed by atoms with E-state index in [4.69, 9.17) is 10.5 Å². The third kappa shape index (κ3) is 4.60. The fourth-order valence-electron chi connectivity index (χ4n) is 1.58. The van der Waals surface area contributed by atoms with Crippen LogP contribution in [-0.2, 0) is 4.74 Å². The summed E-state index contributed by atoms with van der Waals surface area (Å²) in [5.41, 5.74) is 5.80. The SMILES string of the molecule is CC(C)COCCN1CC[C@@H](N)C1. The Morgan fingerprint density at radius 2 is 2.31 bits per heavy atom. The lowest BCUT2D eigenvalue weighted by Gasteiger charge is -2.15. The van der Waals surface area contributed by atoms with Crippen LogP contribution in [0.5, 0.6) is 0 Å². The van der Waals surface area contributed by atoms with Crippen LogP contribution in [0.4, 0.5) is 0 Å². The van der Waals surface area contributed by atoms with Crippen molar-refractivity contribution in [2.24, 2.45) is 11.7 Å². The lowest BCUT2D eigenvalue weighted by atomic mass is 10.2. The van der Waals surface area contributed by atoms with Gasteiger partial charge in [0.1, 0.15) is 0 Å². The van der Waals surface area contributed by atoms with E-state index in [1.54, 1.807) is 0 Å². The van der Waals surface area contributed by atoms with E-state index in [2.05, 4.69) is 18.7 Å². The molecule has 1 fully saturated rings. The maximum atomic E-state index is 5.80. The number of nitrogens with two attached hydrogens (primary N) is 1. The molecule has 1 saturated heterocycles. The molecule has 1 aliphatic rings. The summed E-state index contributed by atoms with van der Waals surface area (Å²) < 4.78 is 5.51. The largest absolute Gasteiger partial charge is 0.380 e. The Balaban J connectivity index is 1.94. The number of rotatable bonds is 5. The van der Waals surface area contributed by atoms with Crippen LogP contribution in [0.2, 0.25) is 0 Å². The Hall–Kier alpha value is -0.120. The van der Waals surface area contributed by atoms with Crippen LogP contribution in [0, 0.1) is 5.92 Å². The molecule has 13 heavy (non-hydrogen) atoms. The van der Waals surface area contributed by atoms with Gasteiger partial charge in [-0.15, -0.1) is 0 Å². The minimum Gasteiger partial charge on any atom is -0.380 e. The van der Waals surface area contributed by atoms with Gasteiger partial charge in [0, 0.05) is 25.7 Å². The van der Waals surface area contributed by atoms with E-state index in [0.717, 1.165) is 39.3 Å². The van der Waals surface area contributed by atoms with E-state index in [9.17, 15) is 0 Å². The predicted octanol–water partition coefficient (Wildman–Crippen LogP) is 0.692. The monoisotopic (exact) mass is 186 g/mol. The molecule has 2 N–H and O–H groups in total. The Bertz CT molecular complexity index is 139. The highest BCUT2D eigenvalue weighted by atomic mass is 16.5. The highest BCUT2D eigenvalue weighted by Gasteiger charge is 2.17. The molecule has 0 aliphatic carbocycles. The van der Waals surface area contributed by atoms with Gasteiger partial charge in [0.05, 0.1) is 6.61 Å². The first-order chi connectivity index (χ1) is 6.18. The molecular weight excluding hydrogens is 164 g/mol. The topological polar surface area (TPSA) is 38.5 Å². The Kier molecular flexibility index (Phi) is 4.70. The maximum absolute atomic E-state index is 5.80. The highest BCUT2D eigenvalue weighted by Crippen LogP contribution is 2.05. The second-order valence-electron chi connectivity index (χ2n) is 4.32. The van der Waals surface area contributed by atoms with Crippen LogP contribution in [0.3, 0.4) is 0 Å². The number of hydrogen-bond acceptors (Lipinski definition) is 3. The summed E-state index contributed by atoms with van der Waals surface area (Å²) in [7, 11) is 0. The first-order valence-electron chi connectivity index (χ1n) is 5.24. The van der Waals surface area contributed by atoms with E-state index in [1.807, 2.05) is 0 Å². The molecule has 0 aromatic heterocycles. The molecule has 1 heterocycles. The molecule has 0 bridgehead atoms. The third-order valence-electron chi connectivity index (χ3n) is 2.31. The highest BCUT2D eigenvalue weighted by molar-refractivity contribution is 4.77. The zero-order chi connectivity index (χ0) is 9.68. The minimum absolute atomic E-state index is 0.394. The van der Waals surface area contributed by atoms with Crippen molar-refractivity contribution in [2.45, 2.75) is 26.3 Å². The molecule has 78 valence electrons. The van der Waals surface area contributed by atoms with Gasteiger partial charge in [0.2, 0.25) is 0 Å². The standard InChI is InChI=1S/C10H22N2O/c1-9(2)8-13-6-5-12-4-3-10(11)7-12/h9-10H,3-8,11H2,1-2H3/t10-/m1/s1. The van der Waals surface area contributed by atoms with E-state index in [-0.39, 0.29) is 0 Å². The van der Waals surface area contributed by atoms with Crippen LogP contribution >= 0.6 is 0 Å². The van der Waals surface area contributed by atoms with Crippen LogP contribution in [0.1, 0.15) is 20.3 Å². The quantitative estimate of drug-likeness (QED) is 0.642. The van der Waals surface area contributed by atoms with Crippen molar-refractivity contribution in [1.82, 2.24) is 4.90 Å².